The summed E-state index contributed by atoms with van der Waals surface area (Å²) in [7, 11) is 0. The van der Waals surface area contributed by atoms with Crippen LogP contribution in [0.25, 0.3) is 0 Å². The van der Waals surface area contributed by atoms with Gasteiger partial charge in [0, 0.05) is 21.1 Å². The molecule has 2 rings (SSSR count). The van der Waals surface area contributed by atoms with Crippen LogP contribution in [0.15, 0.2) is 40.3 Å². The van der Waals surface area contributed by atoms with E-state index >= 15 is 0 Å². The zero-order chi connectivity index (χ0) is 17.4. The third kappa shape index (κ3) is 6.86. The number of hydrogen-bond donors (Lipinski definition) is 2. The number of amides is 1. The molecule has 0 aliphatic heterocycles. The summed E-state index contributed by atoms with van der Waals surface area (Å²) in [4.78, 5) is 30.8. The number of carbonyl (C=O) groups is 1. The Kier molecular flexibility index (Phi) is 8.13. The lowest BCUT2D eigenvalue weighted by molar-refractivity contribution is -0.113. The molecule has 2 aromatic rings. The van der Waals surface area contributed by atoms with Crippen LogP contribution in [0.5, 0.6) is 0 Å². The predicted molar refractivity (Wildman–Crippen MR) is 110 cm³/mol. The Balaban J connectivity index is 1.89. The number of nitrogens with zero attached hydrogens (tertiary/aromatic N) is 1. The Labute approximate surface area is 162 Å². The number of carbonyl (C=O) groups excluding carboxylic acids is 1. The van der Waals surface area contributed by atoms with E-state index in [1.54, 1.807) is 11.8 Å². The Morgan fingerprint density at radius 3 is 2.79 bits per heavy atom. The molecule has 0 aliphatic carbocycles. The summed E-state index contributed by atoms with van der Waals surface area (Å²) in [6, 6.07) is 9.09. The molecule has 0 fully saturated rings. The lowest BCUT2D eigenvalue weighted by Crippen LogP contribution is -2.15. The number of thioether (sulfide) groups is 2. The number of aromatic nitrogens is 2. The van der Waals surface area contributed by atoms with E-state index in [4.69, 9.17) is 0 Å². The normalized spacial score (nSPS) is 10.6. The molecule has 24 heavy (non-hydrogen) atoms. The Hall–Kier alpha value is -1.00. The van der Waals surface area contributed by atoms with Crippen LogP contribution in [0.2, 0.25) is 0 Å². The number of H-pyrrole nitrogens is 1. The highest BCUT2D eigenvalue weighted by molar-refractivity contribution is 14.1. The maximum absolute atomic E-state index is 12.0. The highest BCUT2D eigenvalue weighted by Gasteiger charge is 2.07. The van der Waals surface area contributed by atoms with Crippen molar-refractivity contribution in [2.45, 2.75) is 24.3 Å². The molecule has 0 spiro atoms. The molecule has 1 heterocycles. The maximum Gasteiger partial charge on any atom is 0.251 e. The van der Waals surface area contributed by atoms with E-state index in [0.29, 0.717) is 10.9 Å². The monoisotopic (exact) mass is 475 g/mol. The molecule has 0 saturated carbocycles. The average Bonchev–Trinajstić information content (AvgIpc) is 2.55. The van der Waals surface area contributed by atoms with Crippen LogP contribution in [-0.4, -0.2) is 27.4 Å². The quantitative estimate of drug-likeness (QED) is 0.263. The zero-order valence-electron chi connectivity index (χ0n) is 13.2. The van der Waals surface area contributed by atoms with E-state index in [1.807, 2.05) is 24.3 Å². The van der Waals surface area contributed by atoms with Crippen molar-refractivity contribution >= 4 is 57.7 Å². The van der Waals surface area contributed by atoms with E-state index in [0.717, 1.165) is 27.1 Å². The lowest BCUT2D eigenvalue weighted by atomic mass is 10.3. The molecule has 1 aromatic heterocycles. The Morgan fingerprint density at radius 2 is 2.08 bits per heavy atom. The molecule has 0 atom stereocenters. The molecule has 0 saturated heterocycles. The van der Waals surface area contributed by atoms with Crippen molar-refractivity contribution < 1.29 is 4.79 Å². The van der Waals surface area contributed by atoms with Gasteiger partial charge in [-0.15, -0.1) is 0 Å². The van der Waals surface area contributed by atoms with Crippen LogP contribution >= 0.6 is 46.1 Å². The lowest BCUT2D eigenvalue weighted by Gasteiger charge is -2.06. The van der Waals surface area contributed by atoms with Crippen molar-refractivity contribution in [1.29, 1.82) is 0 Å². The smallest absolute Gasteiger partial charge is 0.251 e. The number of rotatable bonds is 8. The predicted octanol–water partition coefficient (Wildman–Crippen LogP) is 3.75. The first-order valence-corrected chi connectivity index (χ1v) is 10.6. The van der Waals surface area contributed by atoms with E-state index < -0.39 is 0 Å². The van der Waals surface area contributed by atoms with E-state index in [9.17, 15) is 9.59 Å². The van der Waals surface area contributed by atoms with Gasteiger partial charge in [0.25, 0.3) is 5.56 Å². The van der Waals surface area contributed by atoms with Crippen LogP contribution in [0.4, 0.5) is 5.69 Å². The van der Waals surface area contributed by atoms with Gasteiger partial charge in [-0.2, -0.15) is 11.8 Å². The summed E-state index contributed by atoms with van der Waals surface area (Å²) >= 11 is 5.19. The van der Waals surface area contributed by atoms with Gasteiger partial charge in [0.2, 0.25) is 5.91 Å². The zero-order valence-corrected chi connectivity index (χ0v) is 17.0. The first-order valence-electron chi connectivity index (χ1n) is 7.43. The molecule has 0 bridgehead atoms. The molecule has 0 radical (unpaired) electrons. The van der Waals surface area contributed by atoms with Crippen molar-refractivity contribution in [1.82, 2.24) is 9.97 Å². The number of benzene rings is 1. The standard InChI is InChI=1S/C16H18IN3O2S2/c1-2-7-23-9-13-8-14(21)20-16(19-13)24-10-15(22)18-12-5-3-11(17)4-6-12/h3-6,8H,2,7,9-10H2,1H3,(H,18,22)(H,19,20,21). The van der Waals surface area contributed by atoms with Gasteiger partial charge in [-0.3, -0.25) is 9.59 Å². The summed E-state index contributed by atoms with van der Waals surface area (Å²) in [5, 5.41) is 3.30. The summed E-state index contributed by atoms with van der Waals surface area (Å²) in [5.41, 5.74) is 1.32. The fourth-order valence-corrected chi connectivity index (χ4v) is 3.66. The number of nitrogens with one attached hydrogen (secondary N) is 2. The van der Waals surface area contributed by atoms with Gasteiger partial charge in [-0.25, -0.2) is 4.98 Å². The fraction of sp³-hybridized carbons (Fsp3) is 0.312. The van der Waals surface area contributed by atoms with Crippen LogP contribution in [0, 0.1) is 3.57 Å². The van der Waals surface area contributed by atoms with Crippen LogP contribution < -0.4 is 10.9 Å². The summed E-state index contributed by atoms with van der Waals surface area (Å²) in [6.45, 7) is 2.12. The van der Waals surface area contributed by atoms with E-state index in [2.05, 4.69) is 44.8 Å². The van der Waals surface area contributed by atoms with Gasteiger partial charge in [0.15, 0.2) is 5.16 Å². The van der Waals surface area contributed by atoms with E-state index in [-0.39, 0.29) is 17.2 Å². The third-order valence-corrected chi connectivity index (χ3v) is 5.63. The molecule has 0 unspecified atom stereocenters. The van der Waals surface area contributed by atoms with Crippen molar-refractivity contribution in [3.05, 3.63) is 49.9 Å². The molecule has 5 nitrogen and oxygen atoms in total. The fourth-order valence-electron chi connectivity index (χ4n) is 1.81. The minimum absolute atomic E-state index is 0.130. The molecule has 8 heteroatoms. The largest absolute Gasteiger partial charge is 0.325 e. The van der Waals surface area contributed by atoms with Crippen LogP contribution in [0.1, 0.15) is 19.0 Å². The minimum atomic E-state index is -0.183. The molecular formula is C16H18IN3O2S2. The van der Waals surface area contributed by atoms with Crippen LogP contribution in [0.3, 0.4) is 0 Å². The van der Waals surface area contributed by atoms with Gasteiger partial charge >= 0.3 is 0 Å². The first-order chi connectivity index (χ1) is 11.6. The van der Waals surface area contributed by atoms with Crippen molar-refractivity contribution in [3.63, 3.8) is 0 Å². The highest BCUT2D eigenvalue weighted by Crippen LogP contribution is 2.16. The summed E-state index contributed by atoms with van der Waals surface area (Å²) < 4.78 is 1.11. The van der Waals surface area contributed by atoms with Crippen molar-refractivity contribution in [2.24, 2.45) is 0 Å². The second-order valence-electron chi connectivity index (χ2n) is 4.94. The minimum Gasteiger partial charge on any atom is -0.325 e. The van der Waals surface area contributed by atoms with Crippen molar-refractivity contribution in [2.75, 3.05) is 16.8 Å². The summed E-state index contributed by atoms with van der Waals surface area (Å²) in [5.74, 6) is 1.81. The summed E-state index contributed by atoms with van der Waals surface area (Å²) in [6.07, 6.45) is 1.09. The molecule has 128 valence electrons. The number of halogens is 1. The molecule has 0 aliphatic rings. The topological polar surface area (TPSA) is 74.8 Å². The second kappa shape index (κ2) is 10.1. The van der Waals surface area contributed by atoms with E-state index in [1.165, 1.54) is 17.8 Å². The third-order valence-electron chi connectivity index (χ3n) is 2.84. The number of aromatic amines is 1. The Bertz CT molecular complexity index is 735. The van der Waals surface area contributed by atoms with Gasteiger partial charge in [0.05, 0.1) is 11.4 Å². The number of hydrogen-bond acceptors (Lipinski definition) is 5. The maximum atomic E-state index is 12.0. The van der Waals surface area contributed by atoms with Gasteiger partial charge in [0.1, 0.15) is 0 Å². The number of anilines is 1. The molecule has 1 amide bonds. The first kappa shape index (κ1) is 19.3. The van der Waals surface area contributed by atoms with Gasteiger partial charge in [-0.05, 0) is 59.0 Å². The Morgan fingerprint density at radius 1 is 1.33 bits per heavy atom. The van der Waals surface area contributed by atoms with Gasteiger partial charge in [-0.1, -0.05) is 18.7 Å². The SMILES string of the molecule is CCCSCc1cc(=O)[nH]c(SCC(=O)Nc2ccc(I)cc2)n1. The van der Waals surface area contributed by atoms with Crippen LogP contribution in [-0.2, 0) is 10.5 Å². The molecule has 1 aromatic carbocycles. The molecule has 2 N–H and O–H groups in total. The second-order valence-corrected chi connectivity index (χ2v) is 8.25. The average molecular weight is 475 g/mol. The highest BCUT2D eigenvalue weighted by atomic mass is 127. The molecular weight excluding hydrogens is 457 g/mol. The van der Waals surface area contributed by atoms with Crippen molar-refractivity contribution in [3.8, 4) is 0 Å². The van der Waals surface area contributed by atoms with Gasteiger partial charge < -0.3 is 10.3 Å².